The van der Waals surface area contributed by atoms with Crippen LogP contribution < -0.4 is 21.7 Å². The highest BCUT2D eigenvalue weighted by Gasteiger charge is 2.23. The third-order valence-corrected chi connectivity index (χ3v) is 3.18. The summed E-state index contributed by atoms with van der Waals surface area (Å²) in [6, 6.07) is -1.72. The van der Waals surface area contributed by atoms with E-state index in [2.05, 4.69) is 16.0 Å². The quantitative estimate of drug-likeness (QED) is 0.336. The molecule has 9 heteroatoms. The molecule has 138 valence electrons. The topological polar surface area (TPSA) is 151 Å². The molecule has 0 radical (unpaired) electrons. The van der Waals surface area contributed by atoms with Crippen molar-refractivity contribution >= 4 is 23.7 Å². The summed E-state index contributed by atoms with van der Waals surface area (Å²) in [6.07, 6.45) is 0.502. The Balaban J connectivity index is 4.15. The van der Waals surface area contributed by atoms with Crippen molar-refractivity contribution in [2.75, 3.05) is 13.1 Å². The molecule has 0 spiro atoms. The molecule has 2 atom stereocenters. The van der Waals surface area contributed by atoms with Crippen LogP contribution in [0.2, 0.25) is 0 Å². The maximum atomic E-state index is 11.7. The zero-order valence-electron chi connectivity index (χ0n) is 14.6. The van der Waals surface area contributed by atoms with Crippen molar-refractivity contribution < 1.29 is 24.3 Å². The molecule has 6 N–H and O–H groups in total. The van der Waals surface area contributed by atoms with Gasteiger partial charge in [0.1, 0.15) is 6.04 Å². The first-order chi connectivity index (χ1) is 11.0. The number of rotatable bonds is 10. The average molecular weight is 344 g/mol. The minimum absolute atomic E-state index is 0.256. The number of carbonyl (C=O) groups is 4. The second-order valence-corrected chi connectivity index (χ2v) is 6.36. The molecule has 0 heterocycles. The molecule has 0 rings (SSSR count). The van der Waals surface area contributed by atoms with E-state index in [-0.39, 0.29) is 24.9 Å². The molecule has 0 saturated heterocycles. The number of aliphatic carboxylic acids is 1. The Morgan fingerprint density at radius 1 is 0.958 bits per heavy atom. The Morgan fingerprint density at radius 3 is 1.96 bits per heavy atom. The van der Waals surface area contributed by atoms with E-state index in [1.807, 2.05) is 13.8 Å². The average Bonchev–Trinajstić information content (AvgIpc) is 2.46. The molecular formula is C15H28N4O5. The predicted molar refractivity (Wildman–Crippen MR) is 87.9 cm³/mol. The minimum atomic E-state index is -1.14. The molecule has 0 aromatic carbocycles. The van der Waals surface area contributed by atoms with Crippen molar-refractivity contribution in [1.29, 1.82) is 0 Å². The van der Waals surface area contributed by atoms with E-state index in [0.29, 0.717) is 6.42 Å². The Morgan fingerprint density at radius 2 is 1.50 bits per heavy atom. The van der Waals surface area contributed by atoms with Crippen molar-refractivity contribution in [1.82, 2.24) is 16.0 Å². The van der Waals surface area contributed by atoms with Crippen molar-refractivity contribution in [2.45, 2.75) is 46.2 Å². The molecule has 0 aliphatic heterocycles. The maximum Gasteiger partial charge on any atom is 0.326 e. The normalized spacial score (nSPS) is 13.3. The van der Waals surface area contributed by atoms with Crippen LogP contribution in [-0.2, 0) is 19.2 Å². The Hall–Kier alpha value is -2.16. The summed E-state index contributed by atoms with van der Waals surface area (Å²) >= 11 is 0. The van der Waals surface area contributed by atoms with Gasteiger partial charge in [0, 0.05) is 0 Å². The van der Waals surface area contributed by atoms with Gasteiger partial charge in [-0.3, -0.25) is 14.4 Å². The van der Waals surface area contributed by atoms with Crippen molar-refractivity contribution in [3.8, 4) is 0 Å². The number of hydrogen-bond acceptors (Lipinski definition) is 5. The summed E-state index contributed by atoms with van der Waals surface area (Å²) in [5.41, 5.74) is 5.67. The first kappa shape index (κ1) is 21.8. The van der Waals surface area contributed by atoms with E-state index in [1.54, 1.807) is 13.8 Å². The molecule has 0 aromatic heterocycles. The highest BCUT2D eigenvalue weighted by atomic mass is 16.4. The lowest BCUT2D eigenvalue weighted by molar-refractivity contribution is -0.143. The maximum absolute atomic E-state index is 11.7. The van der Waals surface area contributed by atoms with E-state index in [9.17, 15) is 19.2 Å². The minimum Gasteiger partial charge on any atom is -0.480 e. The van der Waals surface area contributed by atoms with E-state index < -0.39 is 35.8 Å². The fraction of sp³-hybridized carbons (Fsp3) is 0.733. The highest BCUT2D eigenvalue weighted by molar-refractivity contribution is 5.90. The van der Waals surface area contributed by atoms with E-state index in [1.165, 1.54) is 0 Å². The second-order valence-electron chi connectivity index (χ2n) is 6.36. The number of hydrogen-bond donors (Lipinski definition) is 5. The zero-order chi connectivity index (χ0) is 18.9. The molecular weight excluding hydrogens is 316 g/mol. The number of carbonyl (C=O) groups excluding carboxylic acids is 3. The lowest BCUT2D eigenvalue weighted by atomic mass is 10.0. The fourth-order valence-corrected chi connectivity index (χ4v) is 1.89. The molecule has 0 saturated carbocycles. The summed E-state index contributed by atoms with van der Waals surface area (Å²) in [7, 11) is 0. The smallest absolute Gasteiger partial charge is 0.326 e. The third-order valence-electron chi connectivity index (χ3n) is 3.18. The monoisotopic (exact) mass is 344 g/mol. The predicted octanol–water partition coefficient (Wildman–Crippen LogP) is -1.18. The number of carboxylic acid groups (broad SMARTS) is 1. The summed E-state index contributed by atoms with van der Waals surface area (Å²) in [5, 5.41) is 16.0. The van der Waals surface area contributed by atoms with Crippen LogP contribution in [0.15, 0.2) is 0 Å². The Bertz CT molecular complexity index is 465. The van der Waals surface area contributed by atoms with Gasteiger partial charge in [-0.1, -0.05) is 27.7 Å². The SMILES string of the molecule is CC(C)CC(N)C(=O)NCC(=O)NCC(=O)NC(C(=O)O)C(C)C. The molecule has 24 heavy (non-hydrogen) atoms. The van der Waals surface area contributed by atoms with Crippen molar-refractivity contribution in [3.63, 3.8) is 0 Å². The molecule has 0 fully saturated rings. The van der Waals surface area contributed by atoms with E-state index in [4.69, 9.17) is 10.8 Å². The molecule has 0 aromatic rings. The molecule has 3 amide bonds. The molecule has 9 nitrogen and oxygen atoms in total. The van der Waals surface area contributed by atoms with Crippen LogP contribution >= 0.6 is 0 Å². The Labute approximate surface area is 141 Å². The van der Waals surface area contributed by atoms with Gasteiger partial charge in [-0.15, -0.1) is 0 Å². The lowest BCUT2D eigenvalue weighted by Gasteiger charge is -2.18. The van der Waals surface area contributed by atoms with Crippen LogP contribution in [0.5, 0.6) is 0 Å². The second kappa shape index (κ2) is 10.6. The zero-order valence-corrected chi connectivity index (χ0v) is 14.6. The number of nitrogens with two attached hydrogens (primary N) is 1. The van der Waals surface area contributed by atoms with Crippen LogP contribution in [0.1, 0.15) is 34.1 Å². The molecule has 0 bridgehead atoms. The van der Waals surface area contributed by atoms with Crippen LogP contribution in [0.3, 0.4) is 0 Å². The van der Waals surface area contributed by atoms with Crippen molar-refractivity contribution in [2.24, 2.45) is 17.6 Å². The van der Waals surface area contributed by atoms with Crippen LogP contribution in [-0.4, -0.2) is 54.0 Å². The number of nitrogens with one attached hydrogen (secondary N) is 3. The van der Waals surface area contributed by atoms with Gasteiger partial charge in [-0.2, -0.15) is 0 Å². The Kier molecular flexibility index (Phi) is 9.63. The van der Waals surface area contributed by atoms with E-state index >= 15 is 0 Å². The van der Waals surface area contributed by atoms with Gasteiger partial charge < -0.3 is 26.8 Å². The lowest BCUT2D eigenvalue weighted by Crippen LogP contribution is -2.49. The van der Waals surface area contributed by atoms with Gasteiger partial charge in [0.15, 0.2) is 0 Å². The number of amides is 3. The van der Waals surface area contributed by atoms with Crippen LogP contribution in [0, 0.1) is 11.8 Å². The van der Waals surface area contributed by atoms with Crippen LogP contribution in [0.4, 0.5) is 0 Å². The van der Waals surface area contributed by atoms with Gasteiger partial charge >= 0.3 is 5.97 Å². The van der Waals surface area contributed by atoms with Crippen LogP contribution in [0.25, 0.3) is 0 Å². The van der Waals surface area contributed by atoms with Crippen molar-refractivity contribution in [3.05, 3.63) is 0 Å². The van der Waals surface area contributed by atoms with Gasteiger partial charge in [0.25, 0.3) is 0 Å². The number of carboxylic acids is 1. The van der Waals surface area contributed by atoms with E-state index in [0.717, 1.165) is 0 Å². The van der Waals surface area contributed by atoms with Gasteiger partial charge in [-0.05, 0) is 18.3 Å². The van der Waals surface area contributed by atoms with Gasteiger partial charge in [0.2, 0.25) is 17.7 Å². The summed E-state index contributed by atoms with van der Waals surface area (Å²) < 4.78 is 0. The standard InChI is InChI=1S/C15H28N4O5/c1-8(2)5-10(16)14(22)18-6-11(20)17-7-12(21)19-13(9(3)4)15(23)24/h8-10,13H,5-7,16H2,1-4H3,(H,17,20)(H,18,22)(H,19,21)(H,23,24). The summed E-state index contributed by atoms with van der Waals surface area (Å²) in [4.78, 5) is 45.9. The van der Waals surface area contributed by atoms with Gasteiger partial charge in [0.05, 0.1) is 19.1 Å². The molecule has 0 aliphatic rings. The molecule has 2 unspecified atom stereocenters. The molecule has 0 aliphatic carbocycles. The summed E-state index contributed by atoms with van der Waals surface area (Å²) in [6.45, 7) is 6.51. The highest BCUT2D eigenvalue weighted by Crippen LogP contribution is 2.02. The third kappa shape index (κ3) is 9.09. The summed E-state index contributed by atoms with van der Waals surface area (Å²) in [5.74, 6) is -2.79. The van der Waals surface area contributed by atoms with Gasteiger partial charge in [-0.25, -0.2) is 4.79 Å². The fourth-order valence-electron chi connectivity index (χ4n) is 1.89. The first-order valence-electron chi connectivity index (χ1n) is 7.86. The largest absolute Gasteiger partial charge is 0.480 e. The first-order valence-corrected chi connectivity index (χ1v) is 7.86.